The van der Waals surface area contributed by atoms with E-state index in [0.717, 1.165) is 23.5 Å². The Kier molecular flexibility index (Phi) is 5.30. The molecule has 146 valence electrons. The first kappa shape index (κ1) is 18.9. The van der Waals surface area contributed by atoms with Crippen molar-refractivity contribution in [1.29, 1.82) is 0 Å². The number of rotatable bonds is 4. The lowest BCUT2D eigenvalue weighted by Crippen LogP contribution is -2.43. The summed E-state index contributed by atoms with van der Waals surface area (Å²) in [4.78, 5) is 40.0. The Morgan fingerprint density at radius 1 is 1.04 bits per heavy atom. The van der Waals surface area contributed by atoms with Gasteiger partial charge in [0.25, 0.3) is 11.8 Å². The molecular weight excluding hydrogens is 376 g/mol. The molecule has 1 aromatic carbocycles. The molecule has 2 heterocycles. The number of fused-ring (bicyclic) bond motifs is 1. The summed E-state index contributed by atoms with van der Waals surface area (Å²) < 4.78 is 0. The molecule has 0 spiro atoms. The largest absolute Gasteiger partial charge is 0.273 e. The number of thioether (sulfide) groups is 1. The average Bonchev–Trinajstić information content (AvgIpc) is 3.20. The molecule has 1 saturated carbocycles. The number of amidine groups is 1. The molecule has 8 heteroatoms. The number of carbonyl (C=O) groups excluding carboxylic acids is 3. The van der Waals surface area contributed by atoms with Gasteiger partial charge in [-0.1, -0.05) is 43.2 Å². The van der Waals surface area contributed by atoms with E-state index in [-0.39, 0.29) is 30.1 Å². The van der Waals surface area contributed by atoms with Crippen LogP contribution < -0.4 is 0 Å². The van der Waals surface area contributed by atoms with E-state index in [1.165, 1.54) is 35.9 Å². The first-order chi connectivity index (χ1) is 13.6. The number of amides is 3. The molecule has 0 aromatic heterocycles. The molecule has 0 N–H and O–H groups in total. The first-order valence-electron chi connectivity index (χ1n) is 9.57. The van der Waals surface area contributed by atoms with Crippen molar-refractivity contribution in [2.24, 2.45) is 16.1 Å². The minimum atomic E-state index is -0.383. The van der Waals surface area contributed by atoms with E-state index in [1.54, 1.807) is 24.3 Å². The Hall–Kier alpha value is -2.48. The van der Waals surface area contributed by atoms with Gasteiger partial charge in [-0.15, -0.1) is 5.10 Å². The predicted octanol–water partition coefficient (Wildman–Crippen LogP) is 3.13. The van der Waals surface area contributed by atoms with Crippen LogP contribution in [0.2, 0.25) is 0 Å². The molecule has 4 rings (SSSR count). The lowest BCUT2D eigenvalue weighted by atomic mass is 9.86. The highest BCUT2D eigenvalue weighted by atomic mass is 32.2. The Balaban J connectivity index is 1.51. The summed E-state index contributed by atoms with van der Waals surface area (Å²) in [7, 11) is 0. The van der Waals surface area contributed by atoms with Gasteiger partial charge < -0.3 is 0 Å². The van der Waals surface area contributed by atoms with Crippen LogP contribution in [0, 0.1) is 5.92 Å². The van der Waals surface area contributed by atoms with Gasteiger partial charge in [0, 0.05) is 5.71 Å². The zero-order valence-corrected chi connectivity index (χ0v) is 16.6. The third-order valence-corrected chi connectivity index (χ3v) is 6.46. The van der Waals surface area contributed by atoms with Crippen LogP contribution >= 0.6 is 11.8 Å². The molecule has 3 aliphatic rings. The number of benzene rings is 1. The Morgan fingerprint density at radius 3 is 2.32 bits per heavy atom. The summed E-state index contributed by atoms with van der Waals surface area (Å²) in [5.41, 5.74) is 1.72. The molecule has 0 unspecified atom stereocenters. The summed E-state index contributed by atoms with van der Waals surface area (Å²) in [6.07, 6.45) is 5.97. The number of hydrogen-bond acceptors (Lipinski definition) is 6. The molecule has 7 nitrogen and oxygen atoms in total. The molecule has 1 aliphatic carbocycles. The maximum atomic E-state index is 12.6. The van der Waals surface area contributed by atoms with Gasteiger partial charge in [-0.3, -0.25) is 24.2 Å². The minimum absolute atomic E-state index is 0.130. The van der Waals surface area contributed by atoms with Crippen LogP contribution in [0.3, 0.4) is 0 Å². The molecule has 1 saturated heterocycles. The second-order valence-corrected chi connectivity index (χ2v) is 8.24. The molecule has 2 aliphatic heterocycles. The molecule has 3 amide bonds. The number of carbonyl (C=O) groups is 3. The molecule has 0 radical (unpaired) electrons. The number of hydrogen-bond donors (Lipinski definition) is 0. The predicted molar refractivity (Wildman–Crippen MR) is 108 cm³/mol. The van der Waals surface area contributed by atoms with Crippen molar-refractivity contribution in [2.75, 3.05) is 12.4 Å². The van der Waals surface area contributed by atoms with Crippen molar-refractivity contribution in [1.82, 2.24) is 9.80 Å². The molecule has 0 atom stereocenters. The summed E-state index contributed by atoms with van der Waals surface area (Å²) in [5.74, 6) is -0.256. The van der Waals surface area contributed by atoms with Crippen molar-refractivity contribution in [3.63, 3.8) is 0 Å². The van der Waals surface area contributed by atoms with Crippen molar-refractivity contribution < 1.29 is 14.4 Å². The van der Waals surface area contributed by atoms with Gasteiger partial charge in [0.05, 0.1) is 16.9 Å². The zero-order chi connectivity index (χ0) is 19.7. The van der Waals surface area contributed by atoms with Crippen molar-refractivity contribution in [3.8, 4) is 0 Å². The Morgan fingerprint density at radius 2 is 1.68 bits per heavy atom. The summed E-state index contributed by atoms with van der Waals surface area (Å²) in [5, 5.41) is 9.10. The Labute approximate surface area is 167 Å². The maximum Gasteiger partial charge on any atom is 0.263 e. The number of imide groups is 1. The van der Waals surface area contributed by atoms with E-state index in [2.05, 4.69) is 10.2 Å². The topological polar surface area (TPSA) is 82.4 Å². The van der Waals surface area contributed by atoms with Crippen molar-refractivity contribution in [3.05, 3.63) is 35.4 Å². The normalized spacial score (nSPS) is 22.5. The standard InChI is InChI=1S/C20H22N4O3S/c1-13(14-7-3-2-4-8-14)21-22-20-23(17(25)11-28-20)12-24-18(26)15-9-5-6-10-16(15)19(24)27/h5-6,9-10,14H,2-4,7-8,11-12H2,1H3/b21-13+,22-20-. The van der Waals surface area contributed by atoms with Crippen LogP contribution in [0.4, 0.5) is 0 Å². The molecular formula is C20H22N4O3S. The van der Waals surface area contributed by atoms with Crippen LogP contribution in [0.5, 0.6) is 0 Å². The lowest BCUT2D eigenvalue weighted by Gasteiger charge is -2.22. The van der Waals surface area contributed by atoms with E-state index in [0.29, 0.717) is 22.2 Å². The summed E-state index contributed by atoms with van der Waals surface area (Å²) >= 11 is 1.29. The summed E-state index contributed by atoms with van der Waals surface area (Å²) in [6, 6.07) is 6.70. The average molecular weight is 398 g/mol. The minimum Gasteiger partial charge on any atom is -0.273 e. The van der Waals surface area contributed by atoms with Crippen molar-refractivity contribution >= 4 is 40.4 Å². The second kappa shape index (κ2) is 7.87. The lowest BCUT2D eigenvalue weighted by molar-refractivity contribution is -0.124. The molecule has 0 bridgehead atoms. The van der Waals surface area contributed by atoms with Gasteiger partial charge in [-0.05, 0) is 37.8 Å². The smallest absolute Gasteiger partial charge is 0.263 e. The monoisotopic (exact) mass is 398 g/mol. The Bertz CT molecular complexity index is 854. The first-order valence-corrected chi connectivity index (χ1v) is 10.6. The van der Waals surface area contributed by atoms with Crippen LogP contribution in [0.15, 0.2) is 34.5 Å². The highest BCUT2D eigenvalue weighted by molar-refractivity contribution is 8.15. The van der Waals surface area contributed by atoms with Crippen LogP contribution in [-0.4, -0.2) is 50.8 Å². The third-order valence-electron chi connectivity index (χ3n) is 5.51. The second-order valence-electron chi connectivity index (χ2n) is 7.29. The molecule has 28 heavy (non-hydrogen) atoms. The van der Waals surface area contributed by atoms with Crippen LogP contribution in [-0.2, 0) is 4.79 Å². The van der Waals surface area contributed by atoms with E-state index >= 15 is 0 Å². The third kappa shape index (κ3) is 3.48. The van der Waals surface area contributed by atoms with Crippen LogP contribution in [0.1, 0.15) is 59.7 Å². The van der Waals surface area contributed by atoms with Gasteiger partial charge in [0.2, 0.25) is 5.91 Å². The quantitative estimate of drug-likeness (QED) is 0.443. The highest BCUT2D eigenvalue weighted by Gasteiger charge is 2.39. The van der Waals surface area contributed by atoms with Crippen molar-refractivity contribution in [2.45, 2.75) is 39.0 Å². The fourth-order valence-electron chi connectivity index (χ4n) is 3.84. The SMILES string of the molecule is C/C(=N\N=C1/SCC(=O)N1CN1C(=O)c2ccccc2C1=O)C1CCCCC1. The van der Waals surface area contributed by atoms with Gasteiger partial charge in [-0.25, -0.2) is 0 Å². The van der Waals surface area contributed by atoms with E-state index in [4.69, 9.17) is 0 Å². The van der Waals surface area contributed by atoms with E-state index in [1.807, 2.05) is 6.92 Å². The molecule has 2 fully saturated rings. The van der Waals surface area contributed by atoms with Crippen LogP contribution in [0.25, 0.3) is 0 Å². The maximum absolute atomic E-state index is 12.6. The summed E-state index contributed by atoms with van der Waals surface area (Å²) in [6.45, 7) is 1.85. The molecule has 1 aromatic rings. The highest BCUT2D eigenvalue weighted by Crippen LogP contribution is 2.27. The fraction of sp³-hybridized carbons (Fsp3) is 0.450. The zero-order valence-electron chi connectivity index (χ0n) is 15.8. The number of nitrogens with zero attached hydrogens (tertiary/aromatic N) is 4. The van der Waals surface area contributed by atoms with E-state index < -0.39 is 0 Å². The van der Waals surface area contributed by atoms with Gasteiger partial charge >= 0.3 is 0 Å². The van der Waals surface area contributed by atoms with Gasteiger partial charge in [0.15, 0.2) is 5.17 Å². The van der Waals surface area contributed by atoms with Gasteiger partial charge in [-0.2, -0.15) is 5.10 Å². The fourth-order valence-corrected chi connectivity index (χ4v) is 4.67. The van der Waals surface area contributed by atoms with Gasteiger partial charge in [0.1, 0.15) is 6.67 Å². The van der Waals surface area contributed by atoms with E-state index in [9.17, 15) is 14.4 Å².